The summed E-state index contributed by atoms with van der Waals surface area (Å²) >= 11 is 0. The van der Waals surface area contributed by atoms with Crippen LogP contribution in [0.4, 0.5) is 5.82 Å². The van der Waals surface area contributed by atoms with Crippen LogP contribution in [0.5, 0.6) is 0 Å². The van der Waals surface area contributed by atoms with E-state index in [-0.39, 0.29) is 5.82 Å². The first kappa shape index (κ1) is 19.2. The van der Waals surface area contributed by atoms with E-state index in [2.05, 4.69) is 4.98 Å². The number of hydrogen-bond donors (Lipinski definition) is 4. The zero-order valence-electron chi connectivity index (χ0n) is 13.1. The number of aromatic nitrogens is 2. The molecule has 0 fully saturated rings. The highest BCUT2D eigenvalue weighted by molar-refractivity contribution is 5.86. The molecule has 0 aliphatic rings. The molecule has 0 bridgehead atoms. The summed E-state index contributed by atoms with van der Waals surface area (Å²) in [7, 11) is 0. The van der Waals surface area contributed by atoms with Crippen LogP contribution in [-0.2, 0) is 10.0 Å². The minimum Gasteiger partial charge on any atom is -0.394 e. The summed E-state index contributed by atoms with van der Waals surface area (Å²) in [4.78, 5) is 27.8. The molecule has 3 atom stereocenters. The molecule has 23 heavy (non-hydrogen) atoms. The summed E-state index contributed by atoms with van der Waals surface area (Å²) in [5, 5.41) is 40.9. The third-order valence-corrected chi connectivity index (χ3v) is 3.10. The lowest BCUT2D eigenvalue weighted by molar-refractivity contribution is -0.256. The lowest BCUT2D eigenvalue weighted by Gasteiger charge is -2.35. The highest BCUT2D eigenvalue weighted by Gasteiger charge is 2.40. The van der Waals surface area contributed by atoms with E-state index in [1.54, 1.807) is 0 Å². The van der Waals surface area contributed by atoms with E-state index >= 15 is 0 Å². The Kier molecular flexibility index (Phi) is 5.97. The predicted molar refractivity (Wildman–Crippen MR) is 78.3 cm³/mol. The van der Waals surface area contributed by atoms with Crippen LogP contribution >= 0.6 is 0 Å². The van der Waals surface area contributed by atoms with Gasteiger partial charge in [-0.3, -0.25) is 9.36 Å². The van der Waals surface area contributed by atoms with Gasteiger partial charge in [0.05, 0.1) is 6.61 Å². The van der Waals surface area contributed by atoms with Crippen LogP contribution in [0, 0.1) is 0 Å². The van der Waals surface area contributed by atoms with E-state index in [4.69, 9.17) is 10.8 Å². The highest BCUT2D eigenvalue weighted by Crippen LogP contribution is 2.23. The summed E-state index contributed by atoms with van der Waals surface area (Å²) < 4.78 is 0.713. The van der Waals surface area contributed by atoms with Gasteiger partial charge in [-0.25, -0.2) is 4.79 Å². The third kappa shape index (κ3) is 4.33. The first-order valence-corrected chi connectivity index (χ1v) is 6.82. The Labute approximate surface area is 132 Å². The van der Waals surface area contributed by atoms with Gasteiger partial charge in [-0.1, -0.05) is 0 Å². The number of anilines is 1. The van der Waals surface area contributed by atoms with Crippen LogP contribution in [0.3, 0.4) is 0 Å². The van der Waals surface area contributed by atoms with Crippen molar-refractivity contribution in [3.63, 3.8) is 0 Å². The van der Waals surface area contributed by atoms with Crippen molar-refractivity contribution < 1.29 is 25.3 Å². The van der Waals surface area contributed by atoms with Gasteiger partial charge in [0.15, 0.2) is 6.17 Å². The van der Waals surface area contributed by atoms with Crippen molar-refractivity contribution in [1.82, 2.24) is 14.6 Å². The normalized spacial score (nSPS) is 16.2. The van der Waals surface area contributed by atoms with Crippen molar-refractivity contribution in [1.29, 1.82) is 0 Å². The number of aliphatic hydroxyl groups is 3. The van der Waals surface area contributed by atoms with Gasteiger partial charge in [0.1, 0.15) is 18.0 Å². The SMILES string of the molecule is CC(C)(C)N([O])C(C(=O)[C@H](O)[C@H](O)CO)n1ccc(N)nc1=O. The fourth-order valence-corrected chi connectivity index (χ4v) is 1.79. The smallest absolute Gasteiger partial charge is 0.351 e. The van der Waals surface area contributed by atoms with Gasteiger partial charge in [-0.15, -0.1) is 10.3 Å². The second-order valence-electron chi connectivity index (χ2n) is 6.01. The number of nitrogen functional groups attached to an aromatic ring is 1. The molecule has 5 N–H and O–H groups in total. The number of nitrogens with two attached hydrogens (primary N) is 1. The molecule has 0 saturated carbocycles. The Balaban J connectivity index is 3.38. The Hall–Kier alpha value is -1.85. The van der Waals surface area contributed by atoms with Crippen molar-refractivity contribution in [3.05, 3.63) is 22.7 Å². The lowest BCUT2D eigenvalue weighted by atomic mass is 10.0. The van der Waals surface area contributed by atoms with Crippen molar-refractivity contribution in [2.75, 3.05) is 12.3 Å². The summed E-state index contributed by atoms with van der Waals surface area (Å²) in [5.41, 5.74) is 3.32. The molecule has 0 saturated heterocycles. The topological polar surface area (TPSA) is 162 Å². The van der Waals surface area contributed by atoms with Crippen molar-refractivity contribution in [3.8, 4) is 0 Å². The Bertz CT molecular complexity index is 611. The predicted octanol–water partition coefficient (Wildman–Crippen LogP) is -1.95. The number of aliphatic hydroxyl groups excluding tert-OH is 3. The van der Waals surface area contributed by atoms with Crippen molar-refractivity contribution >= 4 is 11.6 Å². The summed E-state index contributed by atoms with van der Waals surface area (Å²) in [6.07, 6.45) is -4.50. The van der Waals surface area contributed by atoms with Gasteiger partial charge < -0.3 is 21.1 Å². The number of carbonyl (C=O) groups is 1. The maximum atomic E-state index is 12.5. The zero-order valence-corrected chi connectivity index (χ0v) is 13.1. The van der Waals surface area contributed by atoms with Crippen LogP contribution in [-0.4, -0.2) is 60.1 Å². The van der Waals surface area contributed by atoms with Gasteiger partial charge in [0, 0.05) is 11.7 Å². The standard InChI is InChI=1S/C13H21N4O6/c1-13(2,3)17(23)11(10(21)9(20)7(19)6-18)16-5-4-8(14)15-12(16)22/h4-5,7,9,11,18-20H,6H2,1-3H3,(H2,14,15,22)/t7-,9-,11?/m1/s1. The number of rotatable bonds is 6. The molecule has 1 unspecified atom stereocenters. The number of carbonyl (C=O) groups excluding carboxylic acids is 1. The second-order valence-corrected chi connectivity index (χ2v) is 6.01. The van der Waals surface area contributed by atoms with Gasteiger partial charge in [0.2, 0.25) is 5.78 Å². The van der Waals surface area contributed by atoms with E-state index in [9.17, 15) is 25.0 Å². The van der Waals surface area contributed by atoms with E-state index < -0.39 is 42.0 Å². The molecule has 1 aromatic rings. The Morgan fingerprint density at radius 3 is 2.43 bits per heavy atom. The third-order valence-electron chi connectivity index (χ3n) is 3.10. The molecule has 0 aliphatic heterocycles. The number of ketones is 1. The molecule has 0 aromatic carbocycles. The minimum absolute atomic E-state index is 0.0957. The van der Waals surface area contributed by atoms with Gasteiger partial charge >= 0.3 is 5.69 Å². The second kappa shape index (κ2) is 7.15. The fourth-order valence-electron chi connectivity index (χ4n) is 1.79. The molecule has 0 aliphatic carbocycles. The van der Waals surface area contributed by atoms with Crippen LogP contribution in [0.15, 0.2) is 17.1 Å². The zero-order chi connectivity index (χ0) is 17.9. The van der Waals surface area contributed by atoms with Crippen LogP contribution in [0.2, 0.25) is 0 Å². The molecule has 1 rings (SSSR count). The molecule has 10 nitrogen and oxygen atoms in total. The average molecular weight is 329 g/mol. The number of hydrogen-bond acceptors (Lipinski definition) is 8. The monoisotopic (exact) mass is 329 g/mol. The molecule has 1 heterocycles. The molecular formula is C13H21N4O6. The summed E-state index contributed by atoms with van der Waals surface area (Å²) in [6, 6.07) is 1.22. The maximum absolute atomic E-state index is 12.5. The molecular weight excluding hydrogens is 308 g/mol. The average Bonchev–Trinajstić information content (AvgIpc) is 2.46. The Morgan fingerprint density at radius 2 is 2.00 bits per heavy atom. The lowest BCUT2D eigenvalue weighted by Crippen LogP contribution is -2.53. The molecule has 129 valence electrons. The molecule has 10 heteroatoms. The van der Waals surface area contributed by atoms with Crippen molar-refractivity contribution in [2.24, 2.45) is 0 Å². The number of hydroxylamine groups is 2. The highest BCUT2D eigenvalue weighted by atomic mass is 16.5. The first-order chi connectivity index (χ1) is 10.5. The quantitative estimate of drug-likeness (QED) is 0.438. The molecule has 1 aromatic heterocycles. The van der Waals surface area contributed by atoms with E-state index in [1.807, 2.05) is 0 Å². The first-order valence-electron chi connectivity index (χ1n) is 6.82. The summed E-state index contributed by atoms with van der Waals surface area (Å²) in [5.74, 6) is -1.24. The molecule has 0 amide bonds. The largest absolute Gasteiger partial charge is 0.394 e. The summed E-state index contributed by atoms with van der Waals surface area (Å²) in [6.45, 7) is 3.63. The molecule has 0 spiro atoms. The number of nitrogens with zero attached hydrogens (tertiary/aromatic N) is 3. The minimum atomic E-state index is -2.05. The van der Waals surface area contributed by atoms with E-state index in [0.29, 0.717) is 9.63 Å². The molecule has 1 radical (unpaired) electrons. The van der Waals surface area contributed by atoms with Crippen LogP contribution in [0.1, 0.15) is 26.9 Å². The van der Waals surface area contributed by atoms with Gasteiger partial charge in [-0.05, 0) is 26.8 Å². The van der Waals surface area contributed by atoms with Gasteiger partial charge in [-0.2, -0.15) is 4.98 Å². The fraction of sp³-hybridized carbons (Fsp3) is 0.615. The Morgan fingerprint density at radius 1 is 1.43 bits per heavy atom. The van der Waals surface area contributed by atoms with E-state index in [0.717, 1.165) is 6.20 Å². The van der Waals surface area contributed by atoms with Crippen molar-refractivity contribution in [2.45, 2.75) is 44.7 Å². The number of Topliss-reactive ketones (excluding diaryl/α,β-unsaturated/α-hetero) is 1. The van der Waals surface area contributed by atoms with Crippen LogP contribution < -0.4 is 11.4 Å². The van der Waals surface area contributed by atoms with Gasteiger partial charge in [0.25, 0.3) is 0 Å². The van der Waals surface area contributed by atoms with Crippen LogP contribution in [0.25, 0.3) is 0 Å². The van der Waals surface area contributed by atoms with E-state index in [1.165, 1.54) is 26.8 Å². The maximum Gasteiger partial charge on any atom is 0.351 e.